The van der Waals surface area contributed by atoms with Gasteiger partial charge < -0.3 is 5.32 Å². The van der Waals surface area contributed by atoms with Crippen molar-refractivity contribution in [3.05, 3.63) is 29.8 Å². The Morgan fingerprint density at radius 2 is 1.50 bits per heavy atom. The van der Waals surface area contributed by atoms with Crippen molar-refractivity contribution in [3.63, 3.8) is 0 Å². The van der Waals surface area contributed by atoms with Crippen molar-refractivity contribution in [2.75, 3.05) is 39.0 Å². The summed E-state index contributed by atoms with van der Waals surface area (Å²) in [5.41, 5.74) is 0.371. The highest BCUT2D eigenvalue weighted by molar-refractivity contribution is 7.89. The molecule has 1 heterocycles. The first-order valence-electron chi connectivity index (χ1n) is 7.52. The maximum absolute atomic E-state index is 12.6. The van der Waals surface area contributed by atoms with Gasteiger partial charge in [0, 0.05) is 38.8 Å². The second kappa shape index (κ2) is 7.18. The molecule has 1 N–H and O–H groups in total. The Morgan fingerprint density at radius 1 is 1.00 bits per heavy atom. The zero-order chi connectivity index (χ0) is 18.0. The predicted molar refractivity (Wildman–Crippen MR) is 89.6 cm³/mol. The zero-order valence-electron chi connectivity index (χ0n) is 13.6. The van der Waals surface area contributed by atoms with Crippen LogP contribution in [-0.4, -0.2) is 70.3 Å². The van der Waals surface area contributed by atoms with Gasteiger partial charge in [0.2, 0.25) is 20.0 Å². The van der Waals surface area contributed by atoms with Gasteiger partial charge in [0.15, 0.2) is 0 Å². The van der Waals surface area contributed by atoms with Crippen molar-refractivity contribution in [3.8, 4) is 0 Å². The lowest BCUT2D eigenvalue weighted by Crippen LogP contribution is -2.50. The third-order valence-corrected chi connectivity index (χ3v) is 7.73. The van der Waals surface area contributed by atoms with Crippen molar-refractivity contribution >= 4 is 26.0 Å². The number of rotatable bonds is 5. The third-order valence-electron chi connectivity index (χ3n) is 3.94. The molecule has 0 atom stereocenters. The van der Waals surface area contributed by atoms with E-state index in [2.05, 4.69) is 5.32 Å². The molecule has 1 aliphatic heterocycles. The fraction of sp³-hybridized carbons (Fsp3) is 0.500. The zero-order valence-corrected chi connectivity index (χ0v) is 15.2. The van der Waals surface area contributed by atoms with E-state index in [0.29, 0.717) is 5.56 Å². The quantitative estimate of drug-likeness (QED) is 0.761. The lowest BCUT2D eigenvalue weighted by molar-refractivity contribution is 0.0963. The molecular weight excluding hydrogens is 354 g/mol. The standard InChI is InChI=1S/C14H21N3O5S2/c1-3-23(19,20)16-8-10-17(11-9-16)24(21,22)13-6-4-12(5-7-13)14(18)15-2/h4-7H,3,8-11H2,1-2H3,(H,15,18). The van der Waals surface area contributed by atoms with Crippen molar-refractivity contribution in [2.24, 2.45) is 0 Å². The Morgan fingerprint density at radius 3 is 1.96 bits per heavy atom. The van der Waals surface area contributed by atoms with E-state index in [9.17, 15) is 21.6 Å². The van der Waals surface area contributed by atoms with Gasteiger partial charge in [-0.1, -0.05) is 0 Å². The fourth-order valence-corrected chi connectivity index (χ4v) is 4.95. The number of hydrogen-bond donors (Lipinski definition) is 1. The minimum Gasteiger partial charge on any atom is -0.355 e. The minimum absolute atomic E-state index is 0.000699. The molecule has 0 radical (unpaired) electrons. The summed E-state index contributed by atoms with van der Waals surface area (Å²) in [6, 6.07) is 5.66. The number of sulfonamides is 2. The number of carbonyl (C=O) groups is 1. The molecule has 0 aromatic heterocycles. The van der Waals surface area contributed by atoms with Crippen LogP contribution in [0.25, 0.3) is 0 Å². The van der Waals surface area contributed by atoms with Gasteiger partial charge in [-0.3, -0.25) is 4.79 Å². The van der Waals surface area contributed by atoms with E-state index >= 15 is 0 Å². The Bertz CT molecular complexity index is 795. The van der Waals surface area contributed by atoms with Gasteiger partial charge in [0.05, 0.1) is 10.6 Å². The van der Waals surface area contributed by atoms with Crippen LogP contribution in [0.15, 0.2) is 29.2 Å². The van der Waals surface area contributed by atoms with Crippen LogP contribution < -0.4 is 5.32 Å². The molecule has 1 aliphatic rings. The minimum atomic E-state index is -3.71. The molecular formula is C14H21N3O5S2. The number of hydrogen-bond acceptors (Lipinski definition) is 5. The van der Waals surface area contributed by atoms with Crippen molar-refractivity contribution in [2.45, 2.75) is 11.8 Å². The first-order chi connectivity index (χ1) is 11.2. The highest BCUT2D eigenvalue weighted by Crippen LogP contribution is 2.19. The van der Waals surface area contributed by atoms with E-state index < -0.39 is 20.0 Å². The van der Waals surface area contributed by atoms with Gasteiger partial charge in [0.1, 0.15) is 0 Å². The number of benzene rings is 1. The Labute approximate surface area is 142 Å². The molecule has 0 aliphatic carbocycles. The molecule has 0 bridgehead atoms. The molecule has 1 fully saturated rings. The van der Waals surface area contributed by atoms with Gasteiger partial charge in [-0.05, 0) is 31.2 Å². The number of carbonyl (C=O) groups excluding carboxylic acids is 1. The average molecular weight is 375 g/mol. The smallest absolute Gasteiger partial charge is 0.251 e. The van der Waals surface area contributed by atoms with Gasteiger partial charge in [-0.15, -0.1) is 0 Å². The van der Waals surface area contributed by atoms with E-state index in [-0.39, 0.29) is 42.7 Å². The normalized spacial score (nSPS) is 17.6. The summed E-state index contributed by atoms with van der Waals surface area (Å²) in [6.07, 6.45) is 0. The fourth-order valence-electron chi connectivity index (χ4n) is 2.44. The van der Waals surface area contributed by atoms with Gasteiger partial charge in [-0.2, -0.15) is 8.61 Å². The molecule has 1 aromatic rings. The molecule has 0 unspecified atom stereocenters. The van der Waals surface area contributed by atoms with Crippen LogP contribution in [0.1, 0.15) is 17.3 Å². The maximum atomic E-state index is 12.6. The summed E-state index contributed by atoms with van der Waals surface area (Å²) in [7, 11) is -5.52. The van der Waals surface area contributed by atoms with Crippen LogP contribution in [0.3, 0.4) is 0 Å². The van der Waals surface area contributed by atoms with Crippen LogP contribution in [0.2, 0.25) is 0 Å². The SMILES string of the molecule is CCS(=O)(=O)N1CCN(S(=O)(=O)c2ccc(C(=O)NC)cc2)CC1. The molecule has 1 saturated heterocycles. The first kappa shape index (κ1) is 18.8. The second-order valence-corrected chi connectivity index (χ2v) is 9.50. The predicted octanol–water partition coefficient (Wildman–Crippen LogP) is -0.298. The van der Waals surface area contributed by atoms with E-state index in [1.807, 2.05) is 0 Å². The lowest BCUT2D eigenvalue weighted by Gasteiger charge is -2.33. The average Bonchev–Trinajstić information content (AvgIpc) is 2.61. The topological polar surface area (TPSA) is 104 Å². The first-order valence-corrected chi connectivity index (χ1v) is 10.6. The molecule has 134 valence electrons. The molecule has 1 aromatic carbocycles. The Kier molecular flexibility index (Phi) is 5.63. The molecule has 1 amide bonds. The van der Waals surface area contributed by atoms with Crippen molar-refractivity contribution in [1.82, 2.24) is 13.9 Å². The maximum Gasteiger partial charge on any atom is 0.251 e. The van der Waals surface area contributed by atoms with Crippen LogP contribution >= 0.6 is 0 Å². The van der Waals surface area contributed by atoms with E-state index in [0.717, 1.165) is 0 Å². The van der Waals surface area contributed by atoms with Crippen molar-refractivity contribution < 1.29 is 21.6 Å². The third kappa shape index (κ3) is 3.77. The molecule has 2 rings (SSSR count). The highest BCUT2D eigenvalue weighted by atomic mass is 32.2. The number of nitrogens with one attached hydrogen (secondary N) is 1. The van der Waals surface area contributed by atoms with Crippen molar-refractivity contribution in [1.29, 1.82) is 0 Å². The summed E-state index contributed by atoms with van der Waals surface area (Å²) >= 11 is 0. The molecule has 10 heteroatoms. The van der Waals surface area contributed by atoms with E-state index in [1.165, 1.54) is 39.9 Å². The lowest BCUT2D eigenvalue weighted by atomic mass is 10.2. The van der Waals surface area contributed by atoms with Crippen LogP contribution in [0.5, 0.6) is 0 Å². The number of amides is 1. The number of nitrogens with zero attached hydrogens (tertiary/aromatic N) is 2. The van der Waals surface area contributed by atoms with Gasteiger partial charge in [0.25, 0.3) is 5.91 Å². The Balaban J connectivity index is 2.13. The monoisotopic (exact) mass is 375 g/mol. The largest absolute Gasteiger partial charge is 0.355 e. The van der Waals surface area contributed by atoms with E-state index in [4.69, 9.17) is 0 Å². The highest BCUT2D eigenvalue weighted by Gasteiger charge is 2.32. The Hall–Kier alpha value is -1.49. The van der Waals surface area contributed by atoms with E-state index in [1.54, 1.807) is 6.92 Å². The summed E-state index contributed by atoms with van der Waals surface area (Å²) in [4.78, 5) is 11.6. The van der Waals surface area contributed by atoms with Gasteiger partial charge >= 0.3 is 0 Å². The molecule has 24 heavy (non-hydrogen) atoms. The summed E-state index contributed by atoms with van der Waals surface area (Å²) in [5.74, 6) is -0.293. The second-order valence-electron chi connectivity index (χ2n) is 5.31. The molecule has 8 nitrogen and oxygen atoms in total. The van der Waals surface area contributed by atoms with Crippen LogP contribution in [-0.2, 0) is 20.0 Å². The van der Waals surface area contributed by atoms with Crippen LogP contribution in [0, 0.1) is 0 Å². The van der Waals surface area contributed by atoms with Gasteiger partial charge in [-0.25, -0.2) is 16.8 Å². The summed E-state index contributed by atoms with van der Waals surface area (Å²) in [5, 5.41) is 2.47. The molecule has 0 saturated carbocycles. The van der Waals surface area contributed by atoms with Crippen LogP contribution in [0.4, 0.5) is 0 Å². The molecule has 0 spiro atoms. The summed E-state index contributed by atoms with van der Waals surface area (Å²) < 4.78 is 51.5. The number of piperazine rings is 1. The summed E-state index contributed by atoms with van der Waals surface area (Å²) in [6.45, 7) is 2.07.